The maximum Gasteiger partial charge on any atom is 0.262 e. The minimum absolute atomic E-state index is 0.0263. The van der Waals surface area contributed by atoms with Crippen LogP contribution >= 0.6 is 22.9 Å². The lowest BCUT2D eigenvalue weighted by Crippen LogP contribution is -2.17. The first-order valence-corrected chi connectivity index (χ1v) is 12.9. The largest absolute Gasteiger partial charge is 0.296 e. The Morgan fingerprint density at radius 2 is 1.59 bits per heavy atom. The second-order valence-corrected chi connectivity index (χ2v) is 10.9. The minimum Gasteiger partial charge on any atom is -0.296 e. The smallest absolute Gasteiger partial charge is 0.262 e. The number of benzene rings is 3. The molecule has 0 aliphatic carbocycles. The molecule has 0 aliphatic rings. The topological polar surface area (TPSA) is 101 Å². The molecule has 3 aromatic carbocycles. The average molecular weight is 513 g/mol. The fraction of sp³-hybridized carbons (Fsp3) is 0.125. The summed E-state index contributed by atoms with van der Waals surface area (Å²) in [5, 5.41) is 12.3. The van der Waals surface area contributed by atoms with E-state index in [4.69, 9.17) is 11.6 Å². The number of nitrogens with one attached hydrogen (secondary N) is 2. The number of anilines is 2. The maximum absolute atomic E-state index is 13.1. The fourth-order valence-corrected chi connectivity index (χ4v) is 5.61. The number of rotatable bonds is 6. The van der Waals surface area contributed by atoms with Gasteiger partial charge in [0.2, 0.25) is 5.13 Å². The summed E-state index contributed by atoms with van der Waals surface area (Å²) in [5.41, 5.74) is 3.89. The molecule has 4 rings (SSSR count). The van der Waals surface area contributed by atoms with Gasteiger partial charge in [0, 0.05) is 21.8 Å². The lowest BCUT2D eigenvalue weighted by molar-refractivity contribution is 0.102. The third-order valence-corrected chi connectivity index (χ3v) is 7.61. The normalized spacial score (nSPS) is 11.3. The van der Waals surface area contributed by atoms with Crippen molar-refractivity contribution in [3.63, 3.8) is 0 Å². The van der Waals surface area contributed by atoms with Crippen molar-refractivity contribution in [2.45, 2.75) is 25.7 Å². The van der Waals surface area contributed by atoms with Crippen LogP contribution in [0.1, 0.15) is 27.0 Å². The predicted octanol–water partition coefficient (Wildman–Crippen LogP) is 5.84. The summed E-state index contributed by atoms with van der Waals surface area (Å²) in [6, 6.07) is 17.1. The van der Waals surface area contributed by atoms with E-state index in [1.165, 1.54) is 17.4 Å². The molecule has 4 aromatic rings. The maximum atomic E-state index is 13.1. The van der Waals surface area contributed by atoms with Crippen LogP contribution in [0.15, 0.2) is 65.6 Å². The highest BCUT2D eigenvalue weighted by molar-refractivity contribution is 7.92. The van der Waals surface area contributed by atoms with Gasteiger partial charge in [0.05, 0.1) is 4.90 Å². The first-order valence-electron chi connectivity index (χ1n) is 10.2. The van der Waals surface area contributed by atoms with Crippen LogP contribution in [0.4, 0.5) is 10.8 Å². The van der Waals surface area contributed by atoms with E-state index < -0.39 is 15.9 Å². The molecule has 0 bridgehead atoms. The van der Waals surface area contributed by atoms with E-state index in [2.05, 4.69) is 20.2 Å². The van der Waals surface area contributed by atoms with Gasteiger partial charge in [-0.25, -0.2) is 8.42 Å². The molecular formula is C24H21ClN4O3S2. The molecule has 0 spiro atoms. The number of aromatic nitrogens is 2. The number of amides is 1. The van der Waals surface area contributed by atoms with Gasteiger partial charge in [-0.3, -0.25) is 14.8 Å². The van der Waals surface area contributed by atoms with Crippen LogP contribution in [-0.4, -0.2) is 24.5 Å². The van der Waals surface area contributed by atoms with E-state index in [0.717, 1.165) is 16.7 Å². The number of aryl methyl sites for hydroxylation is 3. The number of hydrogen-bond acceptors (Lipinski definition) is 6. The lowest BCUT2D eigenvalue weighted by atomic mass is 10.1. The van der Waals surface area contributed by atoms with Crippen LogP contribution in [-0.2, 0) is 10.0 Å². The second kappa shape index (κ2) is 9.54. The molecule has 0 atom stereocenters. The van der Waals surface area contributed by atoms with Crippen molar-refractivity contribution in [1.29, 1.82) is 0 Å². The van der Waals surface area contributed by atoms with Crippen LogP contribution in [0.5, 0.6) is 0 Å². The SMILES string of the molecule is Cc1cc(C)cc(NS(=O)(=O)c2cc(C(=O)Nc3nnc(-c4ccc(Cl)cc4)s3)ccc2C)c1. The second-order valence-electron chi connectivity index (χ2n) is 7.84. The van der Waals surface area contributed by atoms with Gasteiger partial charge in [-0.15, -0.1) is 10.2 Å². The van der Waals surface area contributed by atoms with Gasteiger partial charge in [0.25, 0.3) is 15.9 Å². The molecule has 0 saturated heterocycles. The van der Waals surface area contributed by atoms with E-state index >= 15 is 0 Å². The summed E-state index contributed by atoms with van der Waals surface area (Å²) < 4.78 is 28.8. The molecule has 0 fully saturated rings. The number of carbonyl (C=O) groups excluding carboxylic acids is 1. The van der Waals surface area contributed by atoms with Gasteiger partial charge in [-0.2, -0.15) is 0 Å². The minimum atomic E-state index is -3.91. The Hall–Kier alpha value is -3.27. The molecule has 10 heteroatoms. The van der Waals surface area contributed by atoms with Gasteiger partial charge < -0.3 is 0 Å². The zero-order chi connectivity index (χ0) is 24.5. The molecular weight excluding hydrogens is 492 g/mol. The van der Waals surface area contributed by atoms with E-state index in [0.29, 0.717) is 26.4 Å². The third kappa shape index (κ3) is 5.44. The van der Waals surface area contributed by atoms with Gasteiger partial charge in [-0.1, -0.05) is 47.2 Å². The van der Waals surface area contributed by atoms with Crippen molar-refractivity contribution in [2.24, 2.45) is 0 Å². The molecule has 0 unspecified atom stereocenters. The van der Waals surface area contributed by atoms with Gasteiger partial charge >= 0.3 is 0 Å². The van der Waals surface area contributed by atoms with Crippen LogP contribution in [0.2, 0.25) is 5.02 Å². The first-order chi connectivity index (χ1) is 16.1. The van der Waals surface area contributed by atoms with Gasteiger partial charge in [-0.05, 0) is 73.9 Å². The summed E-state index contributed by atoms with van der Waals surface area (Å²) in [4.78, 5) is 12.9. The van der Waals surface area contributed by atoms with Gasteiger partial charge in [0.15, 0.2) is 0 Å². The standard InChI is InChI=1S/C24H21ClN4O3S2/c1-14-10-15(2)12-20(11-14)29-34(31,32)21-13-18(5-4-16(21)3)22(30)26-24-28-27-23(33-24)17-6-8-19(25)9-7-17/h4-13,29H,1-3H3,(H,26,28,30). The lowest BCUT2D eigenvalue weighted by Gasteiger charge is -2.13. The molecule has 1 aromatic heterocycles. The fourth-order valence-electron chi connectivity index (χ4n) is 3.43. The number of sulfonamides is 1. The summed E-state index contributed by atoms with van der Waals surface area (Å²) >= 11 is 7.12. The number of hydrogen-bond donors (Lipinski definition) is 2. The van der Waals surface area contributed by atoms with E-state index in [1.807, 2.05) is 32.0 Å². The molecule has 0 radical (unpaired) electrons. The van der Waals surface area contributed by atoms with Crippen molar-refractivity contribution >= 4 is 49.7 Å². The number of nitrogens with zero attached hydrogens (tertiary/aromatic N) is 2. The molecule has 2 N–H and O–H groups in total. The molecule has 1 amide bonds. The molecule has 1 heterocycles. The van der Waals surface area contributed by atoms with Crippen LogP contribution in [0.25, 0.3) is 10.6 Å². The average Bonchev–Trinajstić information content (AvgIpc) is 3.21. The van der Waals surface area contributed by atoms with Crippen molar-refractivity contribution in [3.8, 4) is 10.6 Å². The predicted molar refractivity (Wildman–Crippen MR) is 136 cm³/mol. The summed E-state index contributed by atoms with van der Waals surface area (Å²) in [7, 11) is -3.91. The molecule has 0 aliphatic heterocycles. The number of halogens is 1. The van der Waals surface area contributed by atoms with Crippen molar-refractivity contribution in [1.82, 2.24) is 10.2 Å². The van der Waals surface area contributed by atoms with Crippen molar-refractivity contribution < 1.29 is 13.2 Å². The highest BCUT2D eigenvalue weighted by Gasteiger charge is 2.20. The molecule has 7 nitrogen and oxygen atoms in total. The molecule has 0 saturated carbocycles. The van der Waals surface area contributed by atoms with Crippen molar-refractivity contribution in [2.75, 3.05) is 10.0 Å². The highest BCUT2D eigenvalue weighted by Crippen LogP contribution is 2.28. The van der Waals surface area contributed by atoms with E-state index in [9.17, 15) is 13.2 Å². The first kappa shape index (κ1) is 23.9. The highest BCUT2D eigenvalue weighted by atomic mass is 35.5. The van der Waals surface area contributed by atoms with Crippen molar-refractivity contribution in [3.05, 3.63) is 87.9 Å². The van der Waals surface area contributed by atoms with Crippen LogP contribution in [0.3, 0.4) is 0 Å². The zero-order valence-corrected chi connectivity index (χ0v) is 21.0. The van der Waals surface area contributed by atoms with E-state index in [-0.39, 0.29) is 10.5 Å². The molecule has 34 heavy (non-hydrogen) atoms. The Morgan fingerprint density at radius 3 is 2.26 bits per heavy atom. The van der Waals surface area contributed by atoms with Crippen LogP contribution < -0.4 is 10.0 Å². The Labute approximate surface area is 206 Å². The Morgan fingerprint density at radius 1 is 0.912 bits per heavy atom. The Kier molecular flexibility index (Phi) is 6.70. The zero-order valence-electron chi connectivity index (χ0n) is 18.6. The monoisotopic (exact) mass is 512 g/mol. The van der Waals surface area contributed by atoms with Crippen LogP contribution in [0, 0.1) is 20.8 Å². The van der Waals surface area contributed by atoms with Gasteiger partial charge in [0.1, 0.15) is 5.01 Å². The Bertz CT molecular complexity index is 1460. The van der Waals surface area contributed by atoms with E-state index in [1.54, 1.807) is 43.3 Å². The quantitative estimate of drug-likeness (QED) is 0.338. The molecule has 174 valence electrons. The summed E-state index contributed by atoms with van der Waals surface area (Å²) in [6.45, 7) is 5.47. The summed E-state index contributed by atoms with van der Waals surface area (Å²) in [6.07, 6.45) is 0. The summed E-state index contributed by atoms with van der Waals surface area (Å²) in [5.74, 6) is -0.485. The Balaban J connectivity index is 1.55. The number of carbonyl (C=O) groups is 1. The third-order valence-electron chi connectivity index (χ3n) is 4.95.